The number of thioether (sulfide) groups is 1. The molecule has 0 aromatic carbocycles. The third kappa shape index (κ3) is 4.77. The number of carbonyl (C=O) groups excluding carboxylic acids is 1. The van der Waals surface area contributed by atoms with Crippen molar-refractivity contribution in [3.05, 3.63) is 6.20 Å². The lowest BCUT2D eigenvalue weighted by molar-refractivity contribution is -0.121. The highest BCUT2D eigenvalue weighted by atomic mass is 32.2. The van der Waals surface area contributed by atoms with Crippen molar-refractivity contribution in [2.24, 2.45) is 0 Å². The molecule has 20 heavy (non-hydrogen) atoms. The van der Waals surface area contributed by atoms with E-state index in [0.29, 0.717) is 19.1 Å². The molecule has 2 rings (SSSR count). The number of rotatable bonds is 7. The van der Waals surface area contributed by atoms with Crippen LogP contribution in [0.4, 0.5) is 0 Å². The molecule has 1 aliphatic rings. The maximum absolute atomic E-state index is 11.8. The Hall–Kier alpha value is -1.12. The molecule has 8 heteroatoms. The number of aromatic nitrogens is 3. The predicted octanol–water partition coefficient (Wildman–Crippen LogP) is -0.351. The Morgan fingerprint density at radius 3 is 3.15 bits per heavy atom. The van der Waals surface area contributed by atoms with Gasteiger partial charge in [0.25, 0.3) is 0 Å². The van der Waals surface area contributed by atoms with E-state index in [2.05, 4.69) is 44.6 Å². The van der Waals surface area contributed by atoms with E-state index >= 15 is 0 Å². The van der Waals surface area contributed by atoms with Crippen molar-refractivity contribution in [2.75, 3.05) is 46.0 Å². The standard InChI is InChI=1S/C12H22N6OS/c1-17(2)10-3-5-18(8-10)9-11(19)13-4-6-20-12-7-14-16-15-12/h7,10H,3-6,8-9H2,1-2H3,(H,13,19)(H,14,15,16)/t10-/m1/s1. The summed E-state index contributed by atoms with van der Waals surface area (Å²) in [4.78, 5) is 16.3. The summed E-state index contributed by atoms with van der Waals surface area (Å²) in [6, 6.07) is 0.575. The molecule has 0 radical (unpaired) electrons. The lowest BCUT2D eigenvalue weighted by Gasteiger charge is -2.20. The second-order valence-electron chi connectivity index (χ2n) is 5.15. The van der Waals surface area contributed by atoms with E-state index in [1.165, 1.54) is 0 Å². The van der Waals surface area contributed by atoms with Crippen molar-refractivity contribution in [1.82, 2.24) is 30.5 Å². The lowest BCUT2D eigenvalue weighted by Crippen LogP contribution is -2.38. The van der Waals surface area contributed by atoms with E-state index in [0.717, 1.165) is 30.3 Å². The van der Waals surface area contributed by atoms with E-state index in [1.807, 2.05) is 0 Å². The second-order valence-corrected chi connectivity index (χ2v) is 6.26. The average molecular weight is 298 g/mol. The number of likely N-dealkylation sites (tertiary alicyclic amines) is 1. The first kappa shape index (κ1) is 15.3. The normalized spacial score (nSPS) is 19.6. The van der Waals surface area contributed by atoms with Gasteiger partial charge in [-0.3, -0.25) is 9.69 Å². The average Bonchev–Trinajstić information content (AvgIpc) is 3.05. The predicted molar refractivity (Wildman–Crippen MR) is 78.6 cm³/mol. The maximum atomic E-state index is 11.8. The fourth-order valence-electron chi connectivity index (χ4n) is 2.24. The summed E-state index contributed by atoms with van der Waals surface area (Å²) in [6.45, 7) is 3.14. The zero-order valence-corrected chi connectivity index (χ0v) is 12.8. The van der Waals surface area contributed by atoms with Gasteiger partial charge in [-0.1, -0.05) is 0 Å². The molecule has 1 aliphatic heterocycles. The molecular formula is C12H22N6OS. The minimum Gasteiger partial charge on any atom is -0.354 e. The summed E-state index contributed by atoms with van der Waals surface area (Å²) in [5.74, 6) is 0.906. The number of nitrogens with one attached hydrogen (secondary N) is 2. The SMILES string of the molecule is CN(C)[C@@H]1CCN(CC(=O)NCCSc2cn[nH]n2)C1. The zero-order chi connectivity index (χ0) is 14.4. The summed E-state index contributed by atoms with van der Waals surface area (Å²) >= 11 is 1.58. The van der Waals surface area contributed by atoms with E-state index in [-0.39, 0.29) is 5.91 Å². The van der Waals surface area contributed by atoms with E-state index in [1.54, 1.807) is 18.0 Å². The van der Waals surface area contributed by atoms with Crippen LogP contribution in [0.3, 0.4) is 0 Å². The maximum Gasteiger partial charge on any atom is 0.234 e. The Balaban J connectivity index is 1.57. The molecular weight excluding hydrogens is 276 g/mol. The van der Waals surface area contributed by atoms with Gasteiger partial charge in [0, 0.05) is 31.4 Å². The number of nitrogens with zero attached hydrogens (tertiary/aromatic N) is 4. The van der Waals surface area contributed by atoms with E-state index in [4.69, 9.17) is 0 Å². The van der Waals surface area contributed by atoms with Gasteiger partial charge < -0.3 is 10.2 Å². The van der Waals surface area contributed by atoms with Crippen LogP contribution in [-0.4, -0.2) is 83.2 Å². The summed E-state index contributed by atoms with van der Waals surface area (Å²) in [6.07, 6.45) is 2.82. The smallest absolute Gasteiger partial charge is 0.234 e. The van der Waals surface area contributed by atoms with Crippen LogP contribution in [0.2, 0.25) is 0 Å². The third-order valence-corrected chi connectivity index (χ3v) is 4.31. The topological polar surface area (TPSA) is 77.1 Å². The molecule has 1 amide bonds. The molecule has 112 valence electrons. The molecule has 0 spiro atoms. The molecule has 0 bridgehead atoms. The van der Waals surface area contributed by atoms with E-state index < -0.39 is 0 Å². The van der Waals surface area contributed by atoms with Gasteiger partial charge in [-0.15, -0.1) is 16.9 Å². The molecule has 1 aromatic rings. The van der Waals surface area contributed by atoms with Crippen molar-refractivity contribution in [2.45, 2.75) is 17.5 Å². The van der Waals surface area contributed by atoms with Crippen LogP contribution in [0, 0.1) is 0 Å². The van der Waals surface area contributed by atoms with Crippen molar-refractivity contribution in [1.29, 1.82) is 0 Å². The van der Waals surface area contributed by atoms with Gasteiger partial charge in [-0.05, 0) is 20.5 Å². The highest BCUT2D eigenvalue weighted by Gasteiger charge is 2.24. The number of carbonyl (C=O) groups is 1. The minimum atomic E-state index is 0.102. The van der Waals surface area contributed by atoms with Crippen LogP contribution in [0.15, 0.2) is 11.2 Å². The van der Waals surface area contributed by atoms with Crippen molar-refractivity contribution in [3.8, 4) is 0 Å². The number of aromatic amines is 1. The molecule has 0 aliphatic carbocycles. The third-order valence-electron chi connectivity index (χ3n) is 3.41. The summed E-state index contributed by atoms with van der Waals surface area (Å²) in [5, 5.41) is 14.0. The fourth-order valence-corrected chi connectivity index (χ4v) is 2.89. The Morgan fingerprint density at radius 2 is 2.50 bits per heavy atom. The number of hydrogen-bond acceptors (Lipinski definition) is 6. The molecule has 1 aromatic heterocycles. The first-order chi connectivity index (χ1) is 9.65. The molecule has 2 heterocycles. The van der Waals surface area contributed by atoms with Crippen LogP contribution >= 0.6 is 11.8 Å². The molecule has 0 saturated carbocycles. The molecule has 7 nitrogen and oxygen atoms in total. The first-order valence-corrected chi connectivity index (χ1v) is 7.78. The van der Waals surface area contributed by atoms with Gasteiger partial charge in [0.15, 0.2) is 0 Å². The number of amides is 1. The summed E-state index contributed by atoms with van der Waals surface area (Å²) in [5.41, 5.74) is 0. The Kier molecular flexibility index (Phi) is 5.81. The van der Waals surface area contributed by atoms with Crippen molar-refractivity contribution in [3.63, 3.8) is 0 Å². The molecule has 1 saturated heterocycles. The summed E-state index contributed by atoms with van der Waals surface area (Å²) < 4.78 is 0. The Labute approximate surface area is 123 Å². The summed E-state index contributed by atoms with van der Waals surface area (Å²) in [7, 11) is 4.19. The van der Waals surface area contributed by atoms with Gasteiger partial charge in [-0.25, -0.2) is 0 Å². The van der Waals surface area contributed by atoms with E-state index in [9.17, 15) is 4.79 Å². The fraction of sp³-hybridized carbons (Fsp3) is 0.750. The van der Waals surface area contributed by atoms with Gasteiger partial charge >= 0.3 is 0 Å². The van der Waals surface area contributed by atoms with Gasteiger partial charge in [-0.2, -0.15) is 10.3 Å². The minimum absolute atomic E-state index is 0.102. The van der Waals surface area contributed by atoms with Crippen LogP contribution < -0.4 is 5.32 Å². The largest absolute Gasteiger partial charge is 0.354 e. The van der Waals surface area contributed by atoms with Gasteiger partial charge in [0.1, 0.15) is 5.03 Å². The van der Waals surface area contributed by atoms with Crippen LogP contribution in [0.5, 0.6) is 0 Å². The van der Waals surface area contributed by atoms with Crippen molar-refractivity contribution < 1.29 is 4.79 Å². The van der Waals surface area contributed by atoms with Crippen molar-refractivity contribution >= 4 is 17.7 Å². The monoisotopic (exact) mass is 298 g/mol. The molecule has 1 atom stereocenters. The Morgan fingerprint density at radius 1 is 1.65 bits per heavy atom. The lowest BCUT2D eigenvalue weighted by atomic mass is 10.2. The second kappa shape index (κ2) is 7.61. The number of H-pyrrole nitrogens is 1. The molecule has 2 N–H and O–H groups in total. The van der Waals surface area contributed by atoms with Crippen LogP contribution in [0.1, 0.15) is 6.42 Å². The molecule has 1 fully saturated rings. The first-order valence-electron chi connectivity index (χ1n) is 6.79. The highest BCUT2D eigenvalue weighted by Crippen LogP contribution is 2.13. The van der Waals surface area contributed by atoms with Crippen LogP contribution in [0.25, 0.3) is 0 Å². The number of likely N-dealkylation sites (N-methyl/N-ethyl adjacent to an activating group) is 1. The highest BCUT2D eigenvalue weighted by molar-refractivity contribution is 7.99. The van der Waals surface area contributed by atoms with Crippen LogP contribution in [-0.2, 0) is 4.79 Å². The Bertz CT molecular complexity index is 410. The van der Waals surface area contributed by atoms with Gasteiger partial charge in [0.05, 0.1) is 12.7 Å². The zero-order valence-electron chi connectivity index (χ0n) is 12.0. The number of hydrogen-bond donors (Lipinski definition) is 2. The van der Waals surface area contributed by atoms with Gasteiger partial charge in [0.2, 0.25) is 5.91 Å². The molecule has 0 unspecified atom stereocenters. The quantitative estimate of drug-likeness (QED) is 0.529.